The van der Waals surface area contributed by atoms with Gasteiger partial charge in [0.1, 0.15) is 0 Å². The summed E-state index contributed by atoms with van der Waals surface area (Å²) in [5, 5.41) is 2.09. The number of benzene rings is 7. The maximum atomic E-state index is 13.7. The van der Waals surface area contributed by atoms with Crippen molar-refractivity contribution in [3.8, 4) is 28.0 Å². The van der Waals surface area contributed by atoms with Crippen LogP contribution in [0.5, 0.6) is 5.75 Å². The summed E-state index contributed by atoms with van der Waals surface area (Å²) >= 11 is 0. The molecule has 9 rings (SSSR count). The Hall–Kier alpha value is -5.60. The van der Waals surface area contributed by atoms with E-state index in [9.17, 15) is 21.6 Å². The normalized spacial score (nSPS) is 15.2. The van der Waals surface area contributed by atoms with Crippen LogP contribution in [0.1, 0.15) is 49.9 Å². The molecule has 264 valence electrons. The van der Waals surface area contributed by atoms with Gasteiger partial charge in [-0.15, -0.1) is 0 Å². The van der Waals surface area contributed by atoms with Gasteiger partial charge < -0.3 is 9.08 Å². The summed E-state index contributed by atoms with van der Waals surface area (Å²) in [6.07, 6.45) is 0. The lowest BCUT2D eigenvalue weighted by molar-refractivity contribution is -0.0499. The number of hydrogen-bond donors (Lipinski definition) is 0. The van der Waals surface area contributed by atoms with E-state index in [2.05, 4.69) is 105 Å². The van der Waals surface area contributed by atoms with Gasteiger partial charge in [0.15, 0.2) is 5.75 Å². The Morgan fingerprint density at radius 3 is 1.62 bits per heavy atom. The second-order valence-electron chi connectivity index (χ2n) is 14.9. The van der Waals surface area contributed by atoms with E-state index in [1.54, 1.807) is 18.2 Å². The topological polar surface area (TPSA) is 46.6 Å². The molecular formula is C45H34F3NO3S. The van der Waals surface area contributed by atoms with Crippen LogP contribution in [0.15, 0.2) is 133 Å². The molecule has 53 heavy (non-hydrogen) atoms. The SMILES string of the molecule is CC1(C)c2ccccc2-c2ccc(N(c3ccc4c(c3)C(C)(C)c3ccccc3-4)c3ccc(OS(=O)(=O)C(F)(F)F)c4c3ccc3ccccc34)cc21. The zero-order valence-corrected chi connectivity index (χ0v) is 30.2. The quantitative estimate of drug-likeness (QED) is 0.101. The van der Waals surface area contributed by atoms with Crippen molar-refractivity contribution in [1.29, 1.82) is 0 Å². The number of nitrogens with zero attached hydrogens (tertiary/aromatic N) is 1. The van der Waals surface area contributed by atoms with E-state index in [-0.39, 0.29) is 16.2 Å². The fourth-order valence-corrected chi connectivity index (χ4v) is 9.07. The van der Waals surface area contributed by atoms with Gasteiger partial charge in [-0.25, -0.2) is 0 Å². The third kappa shape index (κ3) is 4.85. The van der Waals surface area contributed by atoms with E-state index in [4.69, 9.17) is 4.18 Å². The lowest BCUT2D eigenvalue weighted by atomic mass is 9.82. The zero-order valence-electron chi connectivity index (χ0n) is 29.4. The first-order valence-electron chi connectivity index (χ1n) is 17.4. The first kappa shape index (κ1) is 33.3. The van der Waals surface area contributed by atoms with Crippen molar-refractivity contribution in [2.45, 2.75) is 44.0 Å². The summed E-state index contributed by atoms with van der Waals surface area (Å²) < 4.78 is 70.9. The lowest BCUT2D eigenvalue weighted by Gasteiger charge is -2.31. The molecule has 0 heterocycles. The predicted octanol–water partition coefficient (Wildman–Crippen LogP) is 12.3. The first-order valence-corrected chi connectivity index (χ1v) is 18.8. The van der Waals surface area contributed by atoms with Gasteiger partial charge in [0, 0.05) is 33.0 Å². The largest absolute Gasteiger partial charge is 0.534 e. The third-order valence-electron chi connectivity index (χ3n) is 11.2. The first-order chi connectivity index (χ1) is 25.2. The van der Waals surface area contributed by atoms with Crippen LogP contribution in [-0.2, 0) is 20.9 Å². The molecule has 0 unspecified atom stereocenters. The summed E-state index contributed by atoms with van der Waals surface area (Å²) in [5.41, 5.74) is 5.62. The van der Waals surface area contributed by atoms with Crippen molar-refractivity contribution in [3.05, 3.63) is 156 Å². The minimum atomic E-state index is -5.95. The van der Waals surface area contributed by atoms with Gasteiger partial charge in [0.05, 0.1) is 5.69 Å². The maximum Gasteiger partial charge on any atom is 0.534 e. The van der Waals surface area contributed by atoms with Gasteiger partial charge in [-0.05, 0) is 91.7 Å². The highest BCUT2D eigenvalue weighted by molar-refractivity contribution is 7.88. The average molecular weight is 726 g/mol. The maximum absolute atomic E-state index is 13.7. The highest BCUT2D eigenvalue weighted by Crippen LogP contribution is 2.54. The van der Waals surface area contributed by atoms with Crippen LogP contribution in [0.4, 0.5) is 30.2 Å². The molecule has 0 fully saturated rings. The van der Waals surface area contributed by atoms with Crippen LogP contribution in [0.25, 0.3) is 43.8 Å². The Bertz CT molecular complexity index is 2680. The fourth-order valence-electron chi connectivity index (χ4n) is 8.60. The molecule has 0 spiro atoms. The molecule has 7 aromatic rings. The number of halogens is 3. The second-order valence-corrected chi connectivity index (χ2v) is 16.4. The van der Waals surface area contributed by atoms with E-state index < -0.39 is 21.4 Å². The van der Waals surface area contributed by atoms with Crippen molar-refractivity contribution >= 4 is 48.7 Å². The molecule has 2 aliphatic carbocycles. The summed E-state index contributed by atoms with van der Waals surface area (Å²) in [4.78, 5) is 2.12. The van der Waals surface area contributed by atoms with Gasteiger partial charge in [0.2, 0.25) is 0 Å². The van der Waals surface area contributed by atoms with E-state index in [0.29, 0.717) is 16.5 Å². The van der Waals surface area contributed by atoms with Gasteiger partial charge in [-0.1, -0.05) is 125 Å². The Balaban J connectivity index is 1.32. The highest BCUT2D eigenvalue weighted by atomic mass is 32.2. The standard InChI is InChI=1S/C45H34F3NO3S/c1-43(2)36-15-9-7-13-31(36)33-21-18-28(25-38(33)43)49(29-19-22-34-32-14-8-10-16-37(32)44(3,4)39(34)26-29)40-23-24-41(52-53(50,51)45(46,47)48)42-30-12-6-5-11-27(30)17-20-35(40)42/h5-26H,1-4H3. The third-order valence-corrected chi connectivity index (χ3v) is 12.2. The monoisotopic (exact) mass is 725 g/mol. The smallest absolute Gasteiger partial charge is 0.375 e. The molecule has 0 amide bonds. The Labute approximate surface area is 306 Å². The molecule has 8 heteroatoms. The molecule has 0 bridgehead atoms. The second kappa shape index (κ2) is 11.2. The van der Waals surface area contributed by atoms with E-state index in [0.717, 1.165) is 39.0 Å². The van der Waals surface area contributed by atoms with Crippen LogP contribution < -0.4 is 9.08 Å². The van der Waals surface area contributed by atoms with Crippen LogP contribution in [0.2, 0.25) is 0 Å². The van der Waals surface area contributed by atoms with Crippen LogP contribution in [0, 0.1) is 0 Å². The van der Waals surface area contributed by atoms with Crippen molar-refractivity contribution in [2.24, 2.45) is 0 Å². The van der Waals surface area contributed by atoms with Gasteiger partial charge in [-0.2, -0.15) is 21.6 Å². The molecule has 0 saturated carbocycles. The minimum absolute atomic E-state index is 0.265. The molecule has 7 aromatic carbocycles. The summed E-state index contributed by atoms with van der Waals surface area (Å²) in [6, 6.07) is 43.6. The van der Waals surface area contributed by atoms with E-state index >= 15 is 0 Å². The summed E-state index contributed by atoms with van der Waals surface area (Å²) in [6.45, 7) is 8.87. The van der Waals surface area contributed by atoms with Crippen LogP contribution in [0.3, 0.4) is 0 Å². The number of fused-ring (bicyclic) bond motifs is 9. The molecule has 0 aromatic heterocycles. The molecule has 4 nitrogen and oxygen atoms in total. The summed E-state index contributed by atoms with van der Waals surface area (Å²) in [7, 11) is -5.95. The molecule has 0 atom stereocenters. The van der Waals surface area contributed by atoms with Crippen molar-refractivity contribution in [3.63, 3.8) is 0 Å². The van der Waals surface area contributed by atoms with Crippen molar-refractivity contribution in [1.82, 2.24) is 0 Å². The Morgan fingerprint density at radius 2 is 1.06 bits per heavy atom. The number of alkyl halides is 3. The highest BCUT2D eigenvalue weighted by Gasteiger charge is 2.49. The molecular weight excluding hydrogens is 692 g/mol. The van der Waals surface area contributed by atoms with E-state index in [1.165, 1.54) is 28.3 Å². The molecule has 0 radical (unpaired) electrons. The van der Waals surface area contributed by atoms with Crippen LogP contribution in [-0.4, -0.2) is 13.9 Å². The minimum Gasteiger partial charge on any atom is -0.375 e. The average Bonchev–Trinajstić information content (AvgIpc) is 3.51. The van der Waals surface area contributed by atoms with E-state index in [1.807, 2.05) is 36.4 Å². The van der Waals surface area contributed by atoms with Gasteiger partial charge in [0.25, 0.3) is 0 Å². The molecule has 2 aliphatic rings. The predicted molar refractivity (Wildman–Crippen MR) is 207 cm³/mol. The number of rotatable bonds is 5. The van der Waals surface area contributed by atoms with Crippen LogP contribution >= 0.6 is 0 Å². The summed E-state index contributed by atoms with van der Waals surface area (Å²) in [5.74, 6) is -0.395. The Kier molecular flexibility index (Phi) is 7.03. The zero-order chi connectivity index (χ0) is 37.1. The van der Waals surface area contributed by atoms with Gasteiger partial charge in [-0.3, -0.25) is 0 Å². The lowest BCUT2D eigenvalue weighted by Crippen LogP contribution is -2.28. The molecule has 0 saturated heterocycles. The molecule has 0 aliphatic heterocycles. The van der Waals surface area contributed by atoms with Crippen molar-refractivity contribution in [2.75, 3.05) is 4.90 Å². The molecule has 0 N–H and O–H groups in total. The fraction of sp³-hybridized carbons (Fsp3) is 0.156. The van der Waals surface area contributed by atoms with Gasteiger partial charge >= 0.3 is 15.6 Å². The number of anilines is 3. The number of hydrogen-bond acceptors (Lipinski definition) is 4. The van der Waals surface area contributed by atoms with Crippen molar-refractivity contribution < 1.29 is 25.8 Å². The Morgan fingerprint density at radius 1 is 0.547 bits per heavy atom.